The summed E-state index contributed by atoms with van der Waals surface area (Å²) in [4.78, 5) is 14.9. The van der Waals surface area contributed by atoms with E-state index in [-0.39, 0.29) is 5.69 Å². The van der Waals surface area contributed by atoms with Crippen molar-refractivity contribution in [1.29, 1.82) is 5.26 Å². The molecule has 0 aliphatic heterocycles. The van der Waals surface area contributed by atoms with E-state index in [1.165, 1.54) is 23.5 Å². The van der Waals surface area contributed by atoms with Gasteiger partial charge in [0.05, 0.1) is 23.4 Å². The largest absolute Gasteiger partial charge is 0.495 e. The number of benzene rings is 2. The maximum absolute atomic E-state index is 10.9. The lowest BCUT2D eigenvalue weighted by atomic mass is 10.1. The summed E-state index contributed by atoms with van der Waals surface area (Å²) in [6, 6.07) is 15.7. The Labute approximate surface area is 159 Å². The lowest BCUT2D eigenvalue weighted by Gasteiger charge is -2.07. The highest BCUT2D eigenvalue weighted by Crippen LogP contribution is 2.29. The number of nitro benzene ring substituents is 1. The Bertz CT molecular complexity index is 1050. The van der Waals surface area contributed by atoms with E-state index < -0.39 is 4.92 Å². The molecule has 1 heterocycles. The van der Waals surface area contributed by atoms with Crippen LogP contribution in [0.4, 0.5) is 11.4 Å². The number of methoxy groups -OCH3 is 1. The second kappa shape index (κ2) is 8.12. The number of aromatic nitrogens is 1. The van der Waals surface area contributed by atoms with E-state index >= 15 is 0 Å². The van der Waals surface area contributed by atoms with Crippen LogP contribution in [0.5, 0.6) is 5.75 Å². The molecule has 0 fully saturated rings. The predicted octanol–water partition coefficient (Wildman–Crippen LogP) is 4.70. The monoisotopic (exact) mass is 378 g/mol. The Kier molecular flexibility index (Phi) is 5.44. The normalized spacial score (nSPS) is 10.9. The van der Waals surface area contributed by atoms with Crippen molar-refractivity contribution in [3.8, 4) is 23.1 Å². The fourth-order valence-corrected chi connectivity index (χ4v) is 3.16. The van der Waals surface area contributed by atoms with Crippen LogP contribution >= 0.6 is 11.3 Å². The van der Waals surface area contributed by atoms with Crippen molar-refractivity contribution in [2.45, 2.75) is 0 Å². The van der Waals surface area contributed by atoms with Crippen molar-refractivity contribution in [2.75, 3.05) is 12.4 Å². The molecule has 1 N–H and O–H groups in total. The Morgan fingerprint density at radius 2 is 2.15 bits per heavy atom. The van der Waals surface area contributed by atoms with Gasteiger partial charge in [0.1, 0.15) is 22.4 Å². The topological polar surface area (TPSA) is 101 Å². The zero-order chi connectivity index (χ0) is 19.2. The molecule has 0 spiro atoms. The maximum atomic E-state index is 10.9. The van der Waals surface area contributed by atoms with Crippen molar-refractivity contribution in [1.82, 2.24) is 4.98 Å². The molecule has 3 aromatic rings. The van der Waals surface area contributed by atoms with Gasteiger partial charge in [-0.3, -0.25) is 10.1 Å². The molecule has 1 aromatic heterocycles. The first-order chi connectivity index (χ1) is 13.1. The van der Waals surface area contributed by atoms with Crippen molar-refractivity contribution < 1.29 is 9.66 Å². The minimum atomic E-state index is -0.450. The lowest BCUT2D eigenvalue weighted by molar-refractivity contribution is -0.384. The summed E-state index contributed by atoms with van der Waals surface area (Å²) >= 11 is 1.29. The van der Waals surface area contributed by atoms with E-state index in [0.717, 1.165) is 5.69 Å². The Morgan fingerprint density at radius 1 is 1.33 bits per heavy atom. The van der Waals surface area contributed by atoms with Crippen LogP contribution in [-0.2, 0) is 0 Å². The van der Waals surface area contributed by atoms with E-state index in [9.17, 15) is 15.4 Å². The third kappa shape index (κ3) is 4.11. The van der Waals surface area contributed by atoms with E-state index in [2.05, 4.69) is 16.4 Å². The van der Waals surface area contributed by atoms with Crippen LogP contribution < -0.4 is 10.1 Å². The van der Waals surface area contributed by atoms with Gasteiger partial charge in [0, 0.05) is 29.3 Å². The smallest absolute Gasteiger partial charge is 0.270 e. The highest BCUT2D eigenvalue weighted by atomic mass is 32.1. The number of rotatable bonds is 6. The van der Waals surface area contributed by atoms with Crippen molar-refractivity contribution >= 4 is 28.3 Å². The molecule has 0 radical (unpaired) electrons. The lowest BCUT2D eigenvalue weighted by Crippen LogP contribution is -1.94. The summed E-state index contributed by atoms with van der Waals surface area (Å²) in [5, 5.41) is 25.7. The van der Waals surface area contributed by atoms with Crippen LogP contribution in [0.2, 0.25) is 0 Å². The zero-order valence-electron chi connectivity index (χ0n) is 14.2. The highest BCUT2D eigenvalue weighted by Gasteiger charge is 2.12. The number of allylic oxidation sites excluding steroid dienone is 1. The van der Waals surface area contributed by atoms with Crippen molar-refractivity contribution in [3.63, 3.8) is 0 Å². The van der Waals surface area contributed by atoms with E-state index in [1.54, 1.807) is 30.8 Å². The van der Waals surface area contributed by atoms with Crippen LogP contribution in [0.1, 0.15) is 5.01 Å². The molecular formula is C19H14N4O3S. The molecule has 0 unspecified atom stereocenters. The average Bonchev–Trinajstić information content (AvgIpc) is 3.19. The maximum Gasteiger partial charge on any atom is 0.270 e. The molecule has 0 bridgehead atoms. The summed E-state index contributed by atoms with van der Waals surface area (Å²) in [6.45, 7) is 0. The SMILES string of the molecule is COc1ccccc1N/C=C(/C#N)c1nc(-c2cccc([N+](=O)[O-])c2)cs1. The van der Waals surface area contributed by atoms with Crippen molar-refractivity contribution in [2.24, 2.45) is 0 Å². The summed E-state index contributed by atoms with van der Waals surface area (Å²) < 4.78 is 5.27. The number of ether oxygens (including phenoxy) is 1. The van der Waals surface area contributed by atoms with Crippen LogP contribution in [0.25, 0.3) is 16.8 Å². The summed E-state index contributed by atoms with van der Waals surface area (Å²) in [6.07, 6.45) is 1.56. The second-order valence-corrected chi connectivity index (χ2v) is 6.22. The summed E-state index contributed by atoms with van der Waals surface area (Å²) in [5.74, 6) is 0.655. The van der Waals surface area contributed by atoms with E-state index in [4.69, 9.17) is 4.74 Å². The number of thiazole rings is 1. The van der Waals surface area contributed by atoms with Gasteiger partial charge < -0.3 is 10.1 Å². The summed E-state index contributed by atoms with van der Waals surface area (Å²) in [7, 11) is 1.57. The standard InChI is InChI=1S/C19H14N4O3S/c1-26-18-8-3-2-7-16(18)21-11-14(10-20)19-22-17(12-27-19)13-5-4-6-15(9-13)23(24)25/h2-9,11-12,21H,1H3/b14-11-. The number of nitrogens with one attached hydrogen (secondary N) is 1. The molecule has 134 valence electrons. The average molecular weight is 378 g/mol. The molecule has 2 aromatic carbocycles. The third-order valence-electron chi connectivity index (χ3n) is 3.69. The van der Waals surface area contributed by atoms with E-state index in [0.29, 0.717) is 27.6 Å². The zero-order valence-corrected chi connectivity index (χ0v) is 15.1. The number of hydrogen-bond acceptors (Lipinski definition) is 7. The van der Waals surface area contributed by atoms with Crippen LogP contribution in [-0.4, -0.2) is 17.0 Å². The molecule has 0 saturated heterocycles. The van der Waals surface area contributed by atoms with Gasteiger partial charge in [0.2, 0.25) is 0 Å². The van der Waals surface area contributed by atoms with Gasteiger partial charge in [-0.15, -0.1) is 11.3 Å². The van der Waals surface area contributed by atoms with Gasteiger partial charge in [0.15, 0.2) is 0 Å². The third-order valence-corrected chi connectivity index (χ3v) is 4.56. The van der Waals surface area contributed by atoms with Gasteiger partial charge >= 0.3 is 0 Å². The van der Waals surface area contributed by atoms with E-state index in [1.807, 2.05) is 24.3 Å². The molecule has 27 heavy (non-hydrogen) atoms. The van der Waals surface area contributed by atoms with Gasteiger partial charge in [-0.2, -0.15) is 5.26 Å². The van der Waals surface area contributed by atoms with Crippen LogP contribution in [0.15, 0.2) is 60.1 Å². The Balaban J connectivity index is 1.86. The highest BCUT2D eigenvalue weighted by molar-refractivity contribution is 7.11. The number of nitrogens with zero attached hydrogens (tertiary/aromatic N) is 3. The van der Waals surface area contributed by atoms with Gasteiger partial charge in [-0.25, -0.2) is 4.98 Å². The minimum Gasteiger partial charge on any atom is -0.495 e. The fourth-order valence-electron chi connectivity index (χ4n) is 2.36. The fraction of sp³-hybridized carbons (Fsp3) is 0.0526. The summed E-state index contributed by atoms with van der Waals surface area (Å²) in [5.41, 5.74) is 2.28. The quantitative estimate of drug-likeness (QED) is 0.379. The molecule has 3 rings (SSSR count). The molecule has 0 amide bonds. The van der Waals surface area contributed by atoms with Crippen LogP contribution in [0.3, 0.4) is 0 Å². The minimum absolute atomic E-state index is 0.00376. The van der Waals surface area contributed by atoms with Gasteiger partial charge in [-0.05, 0) is 12.1 Å². The first kappa shape index (κ1) is 18.1. The second-order valence-electron chi connectivity index (χ2n) is 5.36. The Morgan fingerprint density at radius 3 is 2.89 bits per heavy atom. The van der Waals surface area contributed by atoms with Crippen molar-refractivity contribution in [3.05, 3.63) is 75.2 Å². The van der Waals surface area contributed by atoms with Crippen LogP contribution in [0, 0.1) is 21.4 Å². The molecule has 0 saturated carbocycles. The van der Waals surface area contributed by atoms with Gasteiger partial charge in [0.25, 0.3) is 5.69 Å². The van der Waals surface area contributed by atoms with Gasteiger partial charge in [-0.1, -0.05) is 24.3 Å². The number of hydrogen-bond donors (Lipinski definition) is 1. The number of nitriles is 1. The molecule has 0 atom stereocenters. The first-order valence-electron chi connectivity index (χ1n) is 7.83. The molecule has 0 aliphatic carbocycles. The Hall–Kier alpha value is -3.70. The molecule has 0 aliphatic rings. The number of para-hydroxylation sites is 2. The number of non-ortho nitro benzene ring substituents is 1. The number of anilines is 1. The predicted molar refractivity (Wildman–Crippen MR) is 104 cm³/mol. The molecule has 7 nitrogen and oxygen atoms in total. The number of nitro groups is 1. The molecule has 8 heteroatoms. The molecular weight excluding hydrogens is 364 g/mol. The first-order valence-corrected chi connectivity index (χ1v) is 8.71.